The minimum atomic E-state index is -0.372. The Kier molecular flexibility index (Phi) is 4.81. The van der Waals surface area contributed by atoms with E-state index in [1.54, 1.807) is 16.8 Å². The molecule has 0 radical (unpaired) electrons. The summed E-state index contributed by atoms with van der Waals surface area (Å²) in [4.78, 5) is 18.9. The molecule has 8 heteroatoms. The van der Waals surface area contributed by atoms with Gasteiger partial charge in [-0.15, -0.1) is 16.9 Å². The molecule has 1 N–H and O–H groups in total. The van der Waals surface area contributed by atoms with Gasteiger partial charge < -0.3 is 0 Å². The smallest absolute Gasteiger partial charge is 0.276 e. The maximum absolute atomic E-state index is 12.8. The van der Waals surface area contributed by atoms with Gasteiger partial charge in [0.1, 0.15) is 5.70 Å². The summed E-state index contributed by atoms with van der Waals surface area (Å²) in [5, 5.41) is 11.3. The summed E-state index contributed by atoms with van der Waals surface area (Å²) in [5.41, 5.74) is 1.51. The van der Waals surface area contributed by atoms with Gasteiger partial charge in [0.2, 0.25) is 0 Å². The van der Waals surface area contributed by atoms with E-state index in [1.807, 2.05) is 42.8 Å². The third kappa shape index (κ3) is 3.06. The number of hydrazone groups is 1. The van der Waals surface area contributed by atoms with E-state index in [0.29, 0.717) is 10.9 Å². The van der Waals surface area contributed by atoms with Crippen molar-refractivity contribution < 1.29 is 4.79 Å². The average molecular weight is 447 g/mol. The molecule has 0 fully saturated rings. The molecule has 2 aromatic rings. The van der Waals surface area contributed by atoms with Crippen LogP contribution in [0.3, 0.4) is 0 Å². The van der Waals surface area contributed by atoms with Crippen LogP contribution < -0.4 is 15.9 Å². The Bertz CT molecular complexity index is 1040. The van der Waals surface area contributed by atoms with Crippen molar-refractivity contribution in [2.45, 2.75) is 11.1 Å². The molecule has 4 rings (SSSR count). The summed E-state index contributed by atoms with van der Waals surface area (Å²) in [6, 6.07) is 14.0. The van der Waals surface area contributed by atoms with Crippen molar-refractivity contribution >= 4 is 56.2 Å². The topological polar surface area (TPSA) is 57.1 Å². The van der Waals surface area contributed by atoms with Crippen molar-refractivity contribution in [3.63, 3.8) is 0 Å². The van der Waals surface area contributed by atoms with Crippen LogP contribution in [0.4, 0.5) is 0 Å². The number of amidine groups is 1. The second-order valence-electron chi connectivity index (χ2n) is 5.69. The third-order valence-corrected chi connectivity index (χ3v) is 5.98. The minimum Gasteiger partial charge on any atom is -0.298 e. The molecule has 0 aromatic heterocycles. The molecule has 0 spiro atoms. The van der Waals surface area contributed by atoms with Gasteiger partial charge in [0, 0.05) is 14.6 Å². The number of rotatable bonds is 2. The highest BCUT2D eigenvalue weighted by Gasteiger charge is 2.34. The maximum Gasteiger partial charge on any atom is 0.276 e. The van der Waals surface area contributed by atoms with Gasteiger partial charge in [-0.25, -0.2) is 5.01 Å². The Balaban J connectivity index is 1.95. The van der Waals surface area contributed by atoms with Crippen molar-refractivity contribution in [3.05, 3.63) is 63.1 Å². The van der Waals surface area contributed by atoms with Crippen LogP contribution in [-0.2, 0) is 4.79 Å². The lowest BCUT2D eigenvalue weighted by atomic mass is 10.1. The van der Waals surface area contributed by atoms with Gasteiger partial charge in [-0.05, 0) is 48.4 Å². The van der Waals surface area contributed by atoms with Crippen molar-refractivity contribution in [2.24, 2.45) is 10.1 Å². The van der Waals surface area contributed by atoms with E-state index >= 15 is 0 Å². The standard InChI is InChI=1S/C18H15BrN4OS2/c1-25-12-6-3-10(4-7-12)16-20-14-8-5-11(19)9-13(14)15-17(24)21-18(26-2)22-23(15)16/h3-9,16H,1-2H3,(H,21,22,24)/t16-/m0/s1. The number of carbonyl (C=O) groups is 1. The molecular weight excluding hydrogens is 432 g/mol. The molecule has 1 atom stereocenters. The lowest BCUT2D eigenvalue weighted by Gasteiger charge is -2.34. The summed E-state index contributed by atoms with van der Waals surface area (Å²) in [7, 11) is 0. The zero-order valence-corrected chi connectivity index (χ0v) is 17.3. The monoisotopic (exact) mass is 446 g/mol. The lowest BCUT2D eigenvalue weighted by molar-refractivity contribution is -0.116. The Morgan fingerprint density at radius 3 is 2.58 bits per heavy atom. The summed E-state index contributed by atoms with van der Waals surface area (Å²) in [6.07, 6.45) is 3.56. The van der Waals surface area contributed by atoms with Gasteiger partial charge >= 0.3 is 0 Å². The van der Waals surface area contributed by atoms with Crippen molar-refractivity contribution in [3.8, 4) is 0 Å². The number of fused-ring (bicyclic) bond motifs is 2. The summed E-state index contributed by atoms with van der Waals surface area (Å²) >= 11 is 6.57. The van der Waals surface area contributed by atoms with Crippen molar-refractivity contribution in [1.82, 2.24) is 10.3 Å². The van der Waals surface area contributed by atoms with Crippen LogP contribution in [0.15, 0.2) is 61.9 Å². The molecule has 2 heterocycles. The zero-order chi connectivity index (χ0) is 18.3. The normalized spacial score (nSPS) is 18.5. The minimum absolute atomic E-state index is 0.163. The molecule has 5 nitrogen and oxygen atoms in total. The molecule has 1 amide bonds. The van der Waals surface area contributed by atoms with E-state index in [4.69, 9.17) is 4.99 Å². The van der Waals surface area contributed by atoms with Crippen LogP contribution in [0.25, 0.3) is 5.70 Å². The van der Waals surface area contributed by atoms with Gasteiger partial charge in [0.05, 0.1) is 5.36 Å². The summed E-state index contributed by atoms with van der Waals surface area (Å²) in [6.45, 7) is 0. The fourth-order valence-electron chi connectivity index (χ4n) is 2.94. The molecule has 132 valence electrons. The second-order valence-corrected chi connectivity index (χ2v) is 8.28. The fraction of sp³-hybridized carbons (Fsp3) is 0.167. The number of hydrogen-bond donors (Lipinski definition) is 1. The Morgan fingerprint density at radius 1 is 1.12 bits per heavy atom. The van der Waals surface area contributed by atoms with E-state index in [1.165, 1.54) is 16.7 Å². The van der Waals surface area contributed by atoms with Gasteiger partial charge in [0.15, 0.2) is 11.3 Å². The number of carbonyl (C=O) groups excluding carboxylic acids is 1. The van der Waals surface area contributed by atoms with E-state index in [0.717, 1.165) is 20.6 Å². The Morgan fingerprint density at radius 2 is 1.88 bits per heavy atom. The highest BCUT2D eigenvalue weighted by Crippen LogP contribution is 2.31. The molecule has 2 aromatic carbocycles. The molecule has 2 aliphatic heterocycles. The first kappa shape index (κ1) is 17.6. The predicted molar refractivity (Wildman–Crippen MR) is 110 cm³/mol. The first-order chi connectivity index (χ1) is 12.6. The second kappa shape index (κ2) is 7.09. The molecule has 0 bridgehead atoms. The van der Waals surface area contributed by atoms with Gasteiger partial charge in [-0.1, -0.05) is 39.8 Å². The zero-order valence-electron chi connectivity index (χ0n) is 14.1. The van der Waals surface area contributed by atoms with Gasteiger partial charge in [-0.3, -0.25) is 15.1 Å². The first-order valence-corrected chi connectivity index (χ1v) is 11.1. The van der Waals surface area contributed by atoms with Crippen LogP contribution in [-0.4, -0.2) is 28.6 Å². The number of nitrogens with zero attached hydrogens (tertiary/aromatic N) is 3. The summed E-state index contributed by atoms with van der Waals surface area (Å²) in [5.74, 6) is -0.163. The number of halogens is 1. The summed E-state index contributed by atoms with van der Waals surface area (Å²) < 4.78 is 0.897. The average Bonchev–Trinajstić information content (AvgIpc) is 2.67. The van der Waals surface area contributed by atoms with Crippen molar-refractivity contribution in [1.29, 1.82) is 0 Å². The molecule has 26 heavy (non-hydrogen) atoms. The SMILES string of the molecule is CSC1=NN2C(=c3cc(Br)ccc3=N[C@@H]2c2ccc(SC)cc2)C(=O)N1. The van der Waals surface area contributed by atoms with E-state index in [9.17, 15) is 4.79 Å². The molecule has 2 aliphatic rings. The molecule has 0 unspecified atom stereocenters. The third-order valence-electron chi connectivity index (χ3n) is 4.18. The number of amides is 1. The van der Waals surface area contributed by atoms with E-state index < -0.39 is 0 Å². The molecule has 0 saturated carbocycles. The van der Waals surface area contributed by atoms with Crippen LogP contribution in [0, 0.1) is 0 Å². The van der Waals surface area contributed by atoms with Crippen LogP contribution >= 0.6 is 39.5 Å². The van der Waals surface area contributed by atoms with E-state index in [2.05, 4.69) is 38.5 Å². The number of nitrogens with one attached hydrogen (secondary N) is 1. The quantitative estimate of drug-likeness (QED) is 0.720. The highest BCUT2D eigenvalue weighted by atomic mass is 79.9. The lowest BCUT2D eigenvalue weighted by Crippen LogP contribution is -2.50. The molecule has 0 saturated heterocycles. The van der Waals surface area contributed by atoms with Crippen LogP contribution in [0.2, 0.25) is 0 Å². The molecular formula is C18H15BrN4OS2. The predicted octanol–water partition coefficient (Wildman–Crippen LogP) is 2.68. The maximum atomic E-state index is 12.8. The first-order valence-electron chi connectivity index (χ1n) is 7.85. The van der Waals surface area contributed by atoms with Crippen LogP contribution in [0.5, 0.6) is 0 Å². The van der Waals surface area contributed by atoms with Crippen molar-refractivity contribution in [2.75, 3.05) is 12.5 Å². The number of hydrogen-bond acceptors (Lipinski definition) is 6. The largest absolute Gasteiger partial charge is 0.298 e. The number of benzene rings is 2. The fourth-order valence-corrected chi connectivity index (χ4v) is 4.07. The van der Waals surface area contributed by atoms with E-state index in [-0.39, 0.29) is 12.1 Å². The van der Waals surface area contributed by atoms with Crippen LogP contribution in [0.1, 0.15) is 11.7 Å². The number of thioether (sulfide) groups is 2. The highest BCUT2D eigenvalue weighted by molar-refractivity contribution is 9.10. The van der Waals surface area contributed by atoms with Gasteiger partial charge in [0.25, 0.3) is 5.91 Å². The molecule has 0 aliphatic carbocycles. The Hall–Kier alpha value is -1.77. The van der Waals surface area contributed by atoms with Gasteiger partial charge in [-0.2, -0.15) is 0 Å². The Labute approximate surface area is 167 Å².